The molecule has 2 saturated heterocycles. The molecule has 1 N–H and O–H groups in total. The second-order valence-electron chi connectivity index (χ2n) is 13.0. The number of alkyl halides is 3. The van der Waals surface area contributed by atoms with Crippen LogP contribution in [0.3, 0.4) is 0 Å². The first-order valence-corrected chi connectivity index (χ1v) is 17.2. The minimum absolute atomic E-state index is 0.0183. The fourth-order valence-electron chi connectivity index (χ4n) is 6.57. The minimum Gasteiger partial charge on any atom is -0.497 e. The Morgan fingerprint density at radius 2 is 1.76 bits per heavy atom. The molecule has 0 radical (unpaired) electrons. The summed E-state index contributed by atoms with van der Waals surface area (Å²) in [6.07, 6.45) is -4.85. The Morgan fingerprint density at radius 3 is 2.47 bits per heavy atom. The molecule has 51 heavy (non-hydrogen) atoms. The number of carbonyl (C=O) groups excluding carboxylic acids is 2. The Labute approximate surface area is 302 Å². The first-order chi connectivity index (χ1) is 24.3. The molecular formula is C36H37Cl2F3N2O8. The number of rotatable bonds is 11. The van der Waals surface area contributed by atoms with Crippen LogP contribution in [0.25, 0.3) is 0 Å². The molecule has 0 bridgehead atoms. The van der Waals surface area contributed by atoms with Gasteiger partial charge in [0.2, 0.25) is 0 Å². The van der Waals surface area contributed by atoms with Crippen molar-refractivity contribution in [2.24, 2.45) is 0 Å². The number of likely N-dealkylation sites (tertiary alicyclic amines) is 2. The summed E-state index contributed by atoms with van der Waals surface area (Å²) in [5.74, 6) is -1.08. The SMILES string of the molecule is COc1ccc(COc2cc(OC[C@H](O)CN3CCC4(CC3)Cc3cc(Cl)ccc3O4)c(C(=O)N3CC[C@H](OC(=O)C(F)(F)F)C3)cc2Cl)cc1. The number of nitrogens with zero attached hydrogens (tertiary/aromatic N) is 2. The lowest BCUT2D eigenvalue weighted by molar-refractivity contribution is -0.204. The van der Waals surface area contributed by atoms with Gasteiger partial charge in [-0.1, -0.05) is 35.3 Å². The first-order valence-electron chi connectivity index (χ1n) is 16.5. The second kappa shape index (κ2) is 15.4. The molecule has 1 amide bonds. The molecule has 1 spiro atoms. The van der Waals surface area contributed by atoms with E-state index in [1.165, 1.54) is 17.0 Å². The maximum atomic E-state index is 13.7. The number of methoxy groups -OCH3 is 1. The molecule has 0 aromatic heterocycles. The monoisotopic (exact) mass is 752 g/mol. The van der Waals surface area contributed by atoms with E-state index in [0.29, 0.717) is 30.4 Å². The molecule has 274 valence electrons. The Hall–Kier alpha value is -3.91. The average molecular weight is 754 g/mol. The molecule has 0 saturated carbocycles. The van der Waals surface area contributed by atoms with Crippen LogP contribution in [0.1, 0.15) is 40.7 Å². The van der Waals surface area contributed by atoms with Crippen LogP contribution in [-0.4, -0.2) is 97.2 Å². The summed E-state index contributed by atoms with van der Waals surface area (Å²) in [5, 5.41) is 11.8. The van der Waals surface area contributed by atoms with E-state index in [9.17, 15) is 27.9 Å². The molecule has 3 aromatic carbocycles. The third-order valence-electron chi connectivity index (χ3n) is 9.28. The molecule has 3 aliphatic rings. The number of benzene rings is 3. The lowest BCUT2D eigenvalue weighted by Crippen LogP contribution is -2.49. The van der Waals surface area contributed by atoms with E-state index in [1.54, 1.807) is 19.2 Å². The van der Waals surface area contributed by atoms with E-state index < -0.39 is 30.3 Å². The average Bonchev–Trinajstić information content (AvgIpc) is 3.71. The first kappa shape index (κ1) is 36.9. The summed E-state index contributed by atoms with van der Waals surface area (Å²) >= 11 is 12.7. The van der Waals surface area contributed by atoms with Gasteiger partial charge in [0.1, 0.15) is 54.0 Å². The van der Waals surface area contributed by atoms with Crippen molar-refractivity contribution in [1.29, 1.82) is 0 Å². The molecule has 6 rings (SSSR count). The summed E-state index contributed by atoms with van der Waals surface area (Å²) in [5.41, 5.74) is 1.63. The molecule has 0 unspecified atom stereocenters. The summed E-state index contributed by atoms with van der Waals surface area (Å²) in [6.45, 7) is 1.47. The molecule has 3 aliphatic heterocycles. The highest BCUT2D eigenvalue weighted by Crippen LogP contribution is 2.42. The molecule has 2 fully saturated rings. The number of aliphatic hydroxyl groups is 1. The molecule has 3 heterocycles. The van der Waals surface area contributed by atoms with Gasteiger partial charge >= 0.3 is 12.1 Å². The van der Waals surface area contributed by atoms with E-state index in [4.69, 9.17) is 42.1 Å². The van der Waals surface area contributed by atoms with E-state index in [1.807, 2.05) is 30.3 Å². The number of fused-ring (bicyclic) bond motifs is 1. The highest BCUT2D eigenvalue weighted by atomic mass is 35.5. The van der Waals surface area contributed by atoms with Crippen molar-refractivity contribution in [1.82, 2.24) is 9.80 Å². The maximum absolute atomic E-state index is 13.7. The van der Waals surface area contributed by atoms with Crippen molar-refractivity contribution in [3.05, 3.63) is 81.3 Å². The van der Waals surface area contributed by atoms with Crippen LogP contribution >= 0.6 is 23.2 Å². The third-order valence-corrected chi connectivity index (χ3v) is 9.81. The van der Waals surface area contributed by atoms with Gasteiger partial charge in [0.15, 0.2) is 0 Å². The van der Waals surface area contributed by atoms with Gasteiger partial charge in [0.25, 0.3) is 5.91 Å². The fourth-order valence-corrected chi connectivity index (χ4v) is 6.99. The highest BCUT2D eigenvalue weighted by Gasteiger charge is 2.44. The number of amides is 1. The quantitative estimate of drug-likeness (QED) is 0.232. The number of esters is 1. The Morgan fingerprint density at radius 1 is 1.02 bits per heavy atom. The lowest BCUT2D eigenvalue weighted by Gasteiger charge is -2.39. The predicted molar refractivity (Wildman–Crippen MR) is 181 cm³/mol. The maximum Gasteiger partial charge on any atom is 0.490 e. The lowest BCUT2D eigenvalue weighted by atomic mass is 9.87. The number of ether oxygens (including phenoxy) is 5. The zero-order chi connectivity index (χ0) is 36.3. The summed E-state index contributed by atoms with van der Waals surface area (Å²) in [6, 6.07) is 15.7. The van der Waals surface area contributed by atoms with E-state index in [0.717, 1.165) is 36.1 Å². The normalized spacial score (nSPS) is 19.0. The van der Waals surface area contributed by atoms with E-state index in [2.05, 4.69) is 9.64 Å². The van der Waals surface area contributed by atoms with Crippen LogP contribution in [0, 0.1) is 0 Å². The van der Waals surface area contributed by atoms with Gasteiger partial charge in [-0.3, -0.25) is 4.79 Å². The van der Waals surface area contributed by atoms with Crippen LogP contribution in [0.5, 0.6) is 23.0 Å². The Balaban J connectivity index is 1.10. The van der Waals surface area contributed by atoms with Crippen molar-refractivity contribution in [2.75, 3.05) is 46.4 Å². The van der Waals surface area contributed by atoms with Crippen molar-refractivity contribution in [3.8, 4) is 23.0 Å². The number of aliphatic hydroxyl groups excluding tert-OH is 1. The zero-order valence-corrected chi connectivity index (χ0v) is 29.2. The van der Waals surface area contributed by atoms with Crippen molar-refractivity contribution in [3.63, 3.8) is 0 Å². The molecule has 10 nitrogen and oxygen atoms in total. The highest BCUT2D eigenvalue weighted by molar-refractivity contribution is 6.32. The Bertz CT molecular complexity index is 1730. The van der Waals surface area contributed by atoms with Crippen LogP contribution in [0.15, 0.2) is 54.6 Å². The predicted octanol–water partition coefficient (Wildman–Crippen LogP) is 6.11. The van der Waals surface area contributed by atoms with Crippen LogP contribution in [-0.2, 0) is 22.6 Å². The number of carbonyl (C=O) groups is 2. The Kier molecular flexibility index (Phi) is 11.1. The van der Waals surface area contributed by atoms with E-state index in [-0.39, 0.29) is 60.4 Å². The summed E-state index contributed by atoms with van der Waals surface area (Å²) < 4.78 is 66.4. The number of hydrogen-bond donors (Lipinski definition) is 1. The number of hydrogen-bond acceptors (Lipinski definition) is 9. The van der Waals surface area contributed by atoms with Crippen molar-refractivity contribution >= 4 is 35.1 Å². The smallest absolute Gasteiger partial charge is 0.490 e. The number of β-amino-alcohol motifs (C(OH)–C–C–N with tert-alkyl or cyclic N) is 1. The van der Waals surface area contributed by atoms with Gasteiger partial charge in [-0.05, 0) is 47.5 Å². The van der Waals surface area contributed by atoms with Crippen LogP contribution in [0.2, 0.25) is 10.0 Å². The molecular weight excluding hydrogens is 716 g/mol. The standard InChI is InChI=1S/C36H37Cl2F3N2O8/c1-47-26-5-2-22(3-6-26)20-48-32-16-31(28(15-29(32)38)33(45)43-11-8-27(19-43)50-34(46)36(39,40)41)49-21-25(44)18-42-12-9-35(10-13-42)17-23-14-24(37)4-7-30(23)51-35/h2-7,14-16,25,27,44H,8-13,17-21H2,1H3/t25-,27+/m1/s1. The molecule has 2 atom stereocenters. The zero-order valence-electron chi connectivity index (χ0n) is 27.7. The van der Waals surface area contributed by atoms with E-state index >= 15 is 0 Å². The second-order valence-corrected chi connectivity index (χ2v) is 13.8. The summed E-state index contributed by atoms with van der Waals surface area (Å²) in [7, 11) is 1.56. The molecule has 0 aliphatic carbocycles. The van der Waals surface area contributed by atoms with Gasteiger partial charge in [-0.15, -0.1) is 0 Å². The van der Waals surface area contributed by atoms with Gasteiger partial charge in [-0.2, -0.15) is 13.2 Å². The number of halogens is 5. The number of piperidine rings is 1. The fraction of sp³-hybridized carbons (Fsp3) is 0.444. The minimum atomic E-state index is -5.14. The van der Waals surface area contributed by atoms with Gasteiger partial charge < -0.3 is 38.6 Å². The largest absolute Gasteiger partial charge is 0.497 e. The third kappa shape index (κ3) is 8.94. The van der Waals surface area contributed by atoms with Crippen LogP contribution in [0.4, 0.5) is 13.2 Å². The topological polar surface area (TPSA) is 107 Å². The van der Waals surface area contributed by atoms with Crippen molar-refractivity contribution in [2.45, 2.75) is 56.3 Å². The van der Waals surface area contributed by atoms with Crippen molar-refractivity contribution < 1.29 is 51.6 Å². The molecule has 15 heteroatoms. The molecule has 3 aromatic rings. The summed E-state index contributed by atoms with van der Waals surface area (Å²) in [4.78, 5) is 28.4. The van der Waals surface area contributed by atoms with Gasteiger partial charge in [0.05, 0.1) is 24.2 Å². The van der Waals surface area contributed by atoms with Gasteiger partial charge in [0, 0.05) is 63.0 Å². The van der Waals surface area contributed by atoms with Gasteiger partial charge in [-0.25, -0.2) is 4.79 Å². The van der Waals surface area contributed by atoms with Crippen LogP contribution < -0.4 is 18.9 Å².